The molecule has 0 unspecified atom stereocenters. The maximum Gasteiger partial charge on any atom is 0.200 e. The van der Waals surface area contributed by atoms with Crippen molar-refractivity contribution in [3.05, 3.63) is 12.5 Å². The predicted octanol–water partition coefficient (Wildman–Crippen LogP) is 1.08. The van der Waals surface area contributed by atoms with Crippen molar-refractivity contribution >= 4 is 21.7 Å². The fraction of sp³-hybridized carbons (Fsp3) is 0. The highest BCUT2D eigenvalue weighted by atomic mass is 32.1. The Kier molecular flexibility index (Phi) is 0.648. The number of rotatable bonds is 0. The number of aromatic nitrogens is 2. The quantitative estimate of drug-likeness (QED) is 0.529. The summed E-state index contributed by atoms with van der Waals surface area (Å²) in [5.41, 5.74) is 0.718. The zero-order chi connectivity index (χ0) is 5.40. The second kappa shape index (κ2) is 1.29. The van der Waals surface area contributed by atoms with E-state index in [1.807, 2.05) is 0 Å². The maximum atomic E-state index is 4.69. The van der Waals surface area contributed by atoms with Crippen LogP contribution in [0.1, 0.15) is 0 Å². The van der Waals surface area contributed by atoms with Crippen LogP contribution in [0.3, 0.4) is 0 Å². The van der Waals surface area contributed by atoms with E-state index in [0.29, 0.717) is 0 Å². The molecule has 39 valence electrons. The van der Waals surface area contributed by atoms with Crippen molar-refractivity contribution in [1.82, 2.24) is 9.59 Å². The van der Waals surface area contributed by atoms with Gasteiger partial charge in [0.15, 0.2) is 5.52 Å². The van der Waals surface area contributed by atoms with Crippen LogP contribution in [0.2, 0.25) is 0 Å². The van der Waals surface area contributed by atoms with Gasteiger partial charge in [-0.15, -0.1) is 5.10 Å². The number of hydrogen-bond donors (Lipinski definition) is 0. The molecule has 3 nitrogen and oxygen atoms in total. The van der Waals surface area contributed by atoms with Crippen LogP contribution in [-0.4, -0.2) is 9.59 Å². The van der Waals surface area contributed by atoms with Crippen molar-refractivity contribution < 1.29 is 4.42 Å². The minimum atomic E-state index is 0.718. The molecule has 2 heterocycles. The fourth-order valence-electron chi connectivity index (χ4n) is 0.485. The highest BCUT2D eigenvalue weighted by Gasteiger charge is 1.97. The van der Waals surface area contributed by atoms with Crippen LogP contribution in [0.15, 0.2) is 10.7 Å². The van der Waals surface area contributed by atoms with Crippen molar-refractivity contribution in [1.29, 1.82) is 0 Å². The molecule has 4 heteroatoms. The van der Waals surface area contributed by atoms with E-state index in [-0.39, 0.29) is 0 Å². The fourth-order valence-corrected chi connectivity index (χ4v) is 0.955. The maximum absolute atomic E-state index is 4.69. The first kappa shape index (κ1) is 4.03. The molecule has 0 amide bonds. The lowest BCUT2D eigenvalue weighted by Crippen LogP contribution is -1.58. The van der Waals surface area contributed by atoms with Crippen LogP contribution in [0.25, 0.3) is 10.2 Å². The van der Waals surface area contributed by atoms with Gasteiger partial charge in [-0.1, -0.05) is 4.49 Å². The Hall–Kier alpha value is -0.900. The summed E-state index contributed by atoms with van der Waals surface area (Å²) in [6, 6.07) is 0. The minimum absolute atomic E-state index is 0.718. The number of fused-ring (bicyclic) bond motifs is 1. The average Bonchev–Trinajstić information content (AvgIpc) is 2.15. The lowest BCUT2D eigenvalue weighted by Gasteiger charge is -1.55. The third kappa shape index (κ3) is 0.376. The lowest BCUT2D eigenvalue weighted by molar-refractivity contribution is 0.562. The van der Waals surface area contributed by atoms with Gasteiger partial charge in [0, 0.05) is 0 Å². The summed E-state index contributed by atoms with van der Waals surface area (Å²) in [6.45, 7) is 0. The van der Waals surface area contributed by atoms with Gasteiger partial charge >= 0.3 is 0 Å². The zero-order valence-electron chi connectivity index (χ0n) is 3.79. The molecule has 0 atom stereocenters. The molecule has 2 aromatic heterocycles. The van der Waals surface area contributed by atoms with Gasteiger partial charge in [0.25, 0.3) is 0 Å². The SMILES string of the molecule is [c]1occ2snnc12. The molecule has 0 saturated heterocycles. The monoisotopic (exact) mass is 125 g/mol. The first-order chi connectivity index (χ1) is 3.97. The third-order valence-electron chi connectivity index (χ3n) is 0.835. The summed E-state index contributed by atoms with van der Waals surface area (Å²) in [5.74, 6) is 0. The van der Waals surface area contributed by atoms with Crippen molar-refractivity contribution in [3.8, 4) is 0 Å². The van der Waals surface area contributed by atoms with E-state index in [2.05, 4.69) is 20.3 Å². The summed E-state index contributed by atoms with van der Waals surface area (Å²) >= 11 is 1.31. The van der Waals surface area contributed by atoms with E-state index in [1.165, 1.54) is 11.5 Å². The van der Waals surface area contributed by atoms with Gasteiger partial charge in [-0.05, 0) is 11.5 Å². The molecule has 0 aromatic carbocycles. The molecular weight excluding hydrogens is 124 g/mol. The summed E-state index contributed by atoms with van der Waals surface area (Å²) in [4.78, 5) is 0. The van der Waals surface area contributed by atoms with E-state index in [0.717, 1.165) is 10.2 Å². The Balaban J connectivity index is 3.06. The van der Waals surface area contributed by atoms with E-state index in [1.54, 1.807) is 6.26 Å². The third-order valence-corrected chi connectivity index (χ3v) is 1.48. The molecule has 2 rings (SSSR count). The molecular formula is C4HN2OS. The van der Waals surface area contributed by atoms with E-state index in [9.17, 15) is 0 Å². The van der Waals surface area contributed by atoms with Gasteiger partial charge in [-0.2, -0.15) is 0 Å². The molecule has 0 aliphatic rings. The molecule has 8 heavy (non-hydrogen) atoms. The Morgan fingerprint density at radius 2 is 2.75 bits per heavy atom. The smallest absolute Gasteiger partial charge is 0.200 e. The van der Waals surface area contributed by atoms with Crippen LogP contribution in [-0.2, 0) is 0 Å². The van der Waals surface area contributed by atoms with Crippen LogP contribution >= 0.6 is 11.5 Å². The van der Waals surface area contributed by atoms with Crippen molar-refractivity contribution in [3.63, 3.8) is 0 Å². The molecule has 2 aromatic rings. The molecule has 0 saturated carbocycles. The Labute approximate surface area is 49.1 Å². The highest BCUT2D eigenvalue weighted by molar-refractivity contribution is 7.12. The average molecular weight is 125 g/mol. The Morgan fingerprint density at radius 3 is 3.62 bits per heavy atom. The summed E-state index contributed by atoms with van der Waals surface area (Å²) in [5, 5.41) is 3.70. The number of furan rings is 1. The number of nitrogens with zero attached hydrogens (tertiary/aromatic N) is 2. The van der Waals surface area contributed by atoms with E-state index >= 15 is 0 Å². The first-order valence-electron chi connectivity index (χ1n) is 2.04. The van der Waals surface area contributed by atoms with Crippen LogP contribution in [0, 0.1) is 6.26 Å². The second-order valence-corrected chi connectivity index (χ2v) is 2.11. The Bertz CT molecular complexity index is 235. The van der Waals surface area contributed by atoms with Gasteiger partial charge in [0.1, 0.15) is 11.0 Å². The standard InChI is InChI=1S/C4HN2OS/c1-3-4(2-7-1)8-6-5-3/h2H. The largest absolute Gasteiger partial charge is 0.457 e. The Morgan fingerprint density at radius 1 is 1.75 bits per heavy atom. The predicted molar refractivity (Wildman–Crippen MR) is 28.5 cm³/mol. The summed E-state index contributed by atoms with van der Waals surface area (Å²) in [7, 11) is 0. The summed E-state index contributed by atoms with van der Waals surface area (Å²) < 4.78 is 9.30. The van der Waals surface area contributed by atoms with Gasteiger partial charge in [-0.3, -0.25) is 0 Å². The van der Waals surface area contributed by atoms with Gasteiger partial charge in [0.2, 0.25) is 6.26 Å². The normalized spacial score (nSPS) is 10.5. The number of hydrogen-bond acceptors (Lipinski definition) is 4. The minimum Gasteiger partial charge on any atom is -0.457 e. The van der Waals surface area contributed by atoms with Crippen LogP contribution in [0.5, 0.6) is 0 Å². The van der Waals surface area contributed by atoms with Crippen LogP contribution < -0.4 is 0 Å². The molecule has 1 radical (unpaired) electrons. The highest BCUT2D eigenvalue weighted by Crippen LogP contribution is 2.13. The molecule has 0 N–H and O–H groups in total. The van der Waals surface area contributed by atoms with E-state index < -0.39 is 0 Å². The first-order valence-corrected chi connectivity index (χ1v) is 2.81. The second-order valence-electron chi connectivity index (χ2n) is 1.32. The van der Waals surface area contributed by atoms with Gasteiger partial charge < -0.3 is 4.42 Å². The van der Waals surface area contributed by atoms with Crippen molar-refractivity contribution in [2.24, 2.45) is 0 Å². The van der Waals surface area contributed by atoms with Gasteiger partial charge in [-0.25, -0.2) is 0 Å². The molecule has 0 aliphatic heterocycles. The zero-order valence-corrected chi connectivity index (χ0v) is 4.60. The molecule has 0 aliphatic carbocycles. The van der Waals surface area contributed by atoms with Crippen LogP contribution in [0.4, 0.5) is 0 Å². The summed E-state index contributed by atoms with van der Waals surface area (Å²) in [6.07, 6.45) is 4.14. The molecule has 0 bridgehead atoms. The topological polar surface area (TPSA) is 38.9 Å². The van der Waals surface area contributed by atoms with Crippen molar-refractivity contribution in [2.75, 3.05) is 0 Å². The van der Waals surface area contributed by atoms with Crippen molar-refractivity contribution in [2.45, 2.75) is 0 Å². The lowest BCUT2D eigenvalue weighted by atomic mass is 10.6. The molecule has 0 fully saturated rings. The van der Waals surface area contributed by atoms with Gasteiger partial charge in [0.05, 0.1) is 0 Å². The molecule has 0 spiro atoms. The van der Waals surface area contributed by atoms with E-state index in [4.69, 9.17) is 0 Å².